The molecule has 0 atom stereocenters. The number of hydrogen-bond donors (Lipinski definition) is 0. The predicted octanol–water partition coefficient (Wildman–Crippen LogP) is 2.57. The number of rotatable bonds is 3. The molecule has 70 valence electrons. The first kappa shape index (κ1) is 9.09. The number of ketones is 1. The number of nitrogens with zero attached hydrogens (tertiary/aromatic N) is 1. The van der Waals surface area contributed by atoms with Gasteiger partial charge >= 0.3 is 0 Å². The number of aromatic nitrogens is 1. The molecule has 0 saturated carbocycles. The zero-order valence-electron chi connectivity index (χ0n) is 7.51. The molecule has 2 aromatic heterocycles. The van der Waals surface area contributed by atoms with Crippen LogP contribution in [0.15, 0.2) is 41.2 Å². The number of carbonyl (C=O) groups is 1. The van der Waals surface area contributed by atoms with Crippen molar-refractivity contribution in [1.29, 1.82) is 0 Å². The maximum absolute atomic E-state index is 11.6. The first-order chi connectivity index (χ1) is 6.86. The molecule has 3 heteroatoms. The average molecular weight is 203 g/mol. The fourth-order valence-electron chi connectivity index (χ4n) is 1.19. The Bertz CT molecular complexity index is 408. The average Bonchev–Trinajstić information content (AvgIpc) is 2.72. The van der Waals surface area contributed by atoms with Crippen LogP contribution in [-0.4, -0.2) is 10.8 Å². The third kappa shape index (κ3) is 2.06. The van der Waals surface area contributed by atoms with Crippen molar-refractivity contribution < 1.29 is 4.79 Å². The van der Waals surface area contributed by atoms with E-state index in [0.29, 0.717) is 6.42 Å². The summed E-state index contributed by atoms with van der Waals surface area (Å²) in [6.07, 6.45) is 2.09. The van der Waals surface area contributed by atoms with Crippen LogP contribution < -0.4 is 0 Å². The first-order valence-electron chi connectivity index (χ1n) is 4.31. The van der Waals surface area contributed by atoms with Gasteiger partial charge in [-0.3, -0.25) is 9.78 Å². The van der Waals surface area contributed by atoms with Gasteiger partial charge in [0.1, 0.15) is 0 Å². The Morgan fingerprint density at radius 1 is 1.36 bits per heavy atom. The van der Waals surface area contributed by atoms with E-state index in [-0.39, 0.29) is 5.78 Å². The van der Waals surface area contributed by atoms with E-state index in [4.69, 9.17) is 0 Å². The molecule has 0 saturated heterocycles. The molecule has 0 amide bonds. The van der Waals surface area contributed by atoms with Crippen LogP contribution in [0.5, 0.6) is 0 Å². The molecule has 0 aliphatic rings. The molecule has 0 aromatic carbocycles. The monoisotopic (exact) mass is 203 g/mol. The summed E-state index contributed by atoms with van der Waals surface area (Å²) >= 11 is 1.54. The van der Waals surface area contributed by atoms with Gasteiger partial charge in [-0.05, 0) is 23.6 Å². The van der Waals surface area contributed by atoms with Crippen LogP contribution in [-0.2, 0) is 6.42 Å². The van der Waals surface area contributed by atoms with Crippen molar-refractivity contribution in [2.24, 2.45) is 0 Å². The van der Waals surface area contributed by atoms with Crippen LogP contribution >= 0.6 is 11.3 Å². The van der Waals surface area contributed by atoms with Gasteiger partial charge in [-0.15, -0.1) is 0 Å². The first-order valence-corrected chi connectivity index (χ1v) is 5.26. The molecule has 2 heterocycles. The highest BCUT2D eigenvalue weighted by Gasteiger charge is 2.07. The standard InChI is InChI=1S/C11H9NOS/c13-11(9-4-6-14-8-9)7-10-3-1-2-5-12-10/h1-6,8H,7H2. The van der Waals surface area contributed by atoms with Crippen LogP contribution in [0.2, 0.25) is 0 Å². The normalized spacial score (nSPS) is 10.0. The maximum atomic E-state index is 11.6. The van der Waals surface area contributed by atoms with Crippen molar-refractivity contribution in [2.45, 2.75) is 6.42 Å². The van der Waals surface area contributed by atoms with Gasteiger partial charge in [0.2, 0.25) is 0 Å². The van der Waals surface area contributed by atoms with Crippen LogP contribution in [0.1, 0.15) is 16.1 Å². The second-order valence-corrected chi connectivity index (χ2v) is 3.71. The van der Waals surface area contributed by atoms with Crippen molar-refractivity contribution in [1.82, 2.24) is 4.98 Å². The molecule has 0 N–H and O–H groups in total. The molecule has 2 rings (SSSR count). The minimum Gasteiger partial charge on any atom is -0.294 e. The quantitative estimate of drug-likeness (QED) is 0.717. The van der Waals surface area contributed by atoms with E-state index in [1.54, 1.807) is 6.20 Å². The fourth-order valence-corrected chi connectivity index (χ4v) is 1.85. The van der Waals surface area contributed by atoms with E-state index in [1.165, 1.54) is 11.3 Å². The highest BCUT2D eigenvalue weighted by Crippen LogP contribution is 2.09. The SMILES string of the molecule is O=C(Cc1ccccn1)c1ccsc1. The summed E-state index contributed by atoms with van der Waals surface area (Å²) in [6, 6.07) is 7.45. The van der Waals surface area contributed by atoms with Gasteiger partial charge in [0.15, 0.2) is 5.78 Å². The number of pyridine rings is 1. The molecular formula is C11H9NOS. The van der Waals surface area contributed by atoms with Crippen molar-refractivity contribution in [3.8, 4) is 0 Å². The molecular weight excluding hydrogens is 194 g/mol. The minimum absolute atomic E-state index is 0.130. The van der Waals surface area contributed by atoms with Crippen molar-refractivity contribution in [3.63, 3.8) is 0 Å². The summed E-state index contributed by atoms with van der Waals surface area (Å²) in [6.45, 7) is 0. The summed E-state index contributed by atoms with van der Waals surface area (Å²) in [4.78, 5) is 15.8. The molecule has 0 aliphatic carbocycles. The Balaban J connectivity index is 2.10. The summed E-state index contributed by atoms with van der Waals surface area (Å²) in [5, 5.41) is 3.77. The Kier molecular flexibility index (Phi) is 2.70. The second kappa shape index (κ2) is 4.15. The van der Waals surface area contributed by atoms with Gasteiger partial charge in [0.05, 0.1) is 6.42 Å². The van der Waals surface area contributed by atoms with E-state index in [0.717, 1.165) is 11.3 Å². The van der Waals surface area contributed by atoms with E-state index in [1.807, 2.05) is 35.0 Å². The summed E-state index contributed by atoms with van der Waals surface area (Å²) in [7, 11) is 0. The fraction of sp³-hybridized carbons (Fsp3) is 0.0909. The molecule has 0 spiro atoms. The summed E-state index contributed by atoms with van der Waals surface area (Å²) in [5.74, 6) is 0.130. The van der Waals surface area contributed by atoms with Crippen molar-refractivity contribution in [2.75, 3.05) is 0 Å². The Hall–Kier alpha value is -1.48. The van der Waals surface area contributed by atoms with E-state index in [9.17, 15) is 4.79 Å². The Labute approximate surface area is 86.2 Å². The van der Waals surface area contributed by atoms with Gasteiger partial charge in [0.25, 0.3) is 0 Å². The summed E-state index contributed by atoms with van der Waals surface area (Å²) < 4.78 is 0. The van der Waals surface area contributed by atoms with Gasteiger partial charge in [-0.25, -0.2) is 0 Å². The highest BCUT2D eigenvalue weighted by atomic mass is 32.1. The van der Waals surface area contributed by atoms with Crippen LogP contribution in [0.3, 0.4) is 0 Å². The van der Waals surface area contributed by atoms with E-state index >= 15 is 0 Å². The zero-order chi connectivity index (χ0) is 9.80. The Morgan fingerprint density at radius 2 is 2.29 bits per heavy atom. The molecule has 14 heavy (non-hydrogen) atoms. The Morgan fingerprint density at radius 3 is 2.93 bits per heavy atom. The molecule has 0 bridgehead atoms. The largest absolute Gasteiger partial charge is 0.294 e. The lowest BCUT2D eigenvalue weighted by molar-refractivity contribution is 0.0992. The van der Waals surface area contributed by atoms with E-state index in [2.05, 4.69) is 4.98 Å². The lowest BCUT2D eigenvalue weighted by Crippen LogP contribution is -2.03. The van der Waals surface area contributed by atoms with Crippen LogP contribution in [0, 0.1) is 0 Å². The molecule has 0 fully saturated rings. The van der Waals surface area contributed by atoms with Gasteiger partial charge in [-0.1, -0.05) is 6.07 Å². The number of thiophene rings is 1. The zero-order valence-corrected chi connectivity index (χ0v) is 8.33. The molecule has 0 unspecified atom stereocenters. The summed E-state index contributed by atoms with van der Waals surface area (Å²) in [5.41, 5.74) is 1.60. The molecule has 2 aromatic rings. The molecule has 0 aliphatic heterocycles. The van der Waals surface area contributed by atoms with Gasteiger partial charge in [0, 0.05) is 22.8 Å². The predicted molar refractivity (Wildman–Crippen MR) is 56.6 cm³/mol. The van der Waals surface area contributed by atoms with Crippen molar-refractivity contribution in [3.05, 3.63) is 52.5 Å². The number of carbonyl (C=O) groups excluding carboxylic acids is 1. The third-order valence-corrected chi connectivity index (χ3v) is 2.59. The number of hydrogen-bond acceptors (Lipinski definition) is 3. The lowest BCUT2D eigenvalue weighted by Gasteiger charge is -1.96. The van der Waals surface area contributed by atoms with E-state index < -0.39 is 0 Å². The minimum atomic E-state index is 0.130. The number of Topliss-reactive ketones (excluding diaryl/α,β-unsaturated/α-hetero) is 1. The van der Waals surface area contributed by atoms with Crippen LogP contribution in [0.25, 0.3) is 0 Å². The molecule has 2 nitrogen and oxygen atoms in total. The smallest absolute Gasteiger partial charge is 0.169 e. The lowest BCUT2D eigenvalue weighted by atomic mass is 10.1. The maximum Gasteiger partial charge on any atom is 0.169 e. The topological polar surface area (TPSA) is 30.0 Å². The highest BCUT2D eigenvalue weighted by molar-refractivity contribution is 7.08. The third-order valence-electron chi connectivity index (χ3n) is 1.91. The van der Waals surface area contributed by atoms with Crippen molar-refractivity contribution >= 4 is 17.1 Å². The van der Waals surface area contributed by atoms with Gasteiger partial charge in [-0.2, -0.15) is 11.3 Å². The van der Waals surface area contributed by atoms with Crippen LogP contribution in [0.4, 0.5) is 0 Å². The molecule has 0 radical (unpaired) electrons. The van der Waals surface area contributed by atoms with Gasteiger partial charge < -0.3 is 0 Å². The second-order valence-electron chi connectivity index (χ2n) is 2.93.